The highest BCUT2D eigenvalue weighted by Crippen LogP contribution is 2.49. The molecule has 0 spiro atoms. The molecular formula is C63H83ClN8O20. The molecule has 4 heterocycles. The Morgan fingerprint density at radius 1 is 0.935 bits per heavy atom. The number of benzene rings is 2. The van der Waals surface area contributed by atoms with Crippen LogP contribution in [-0.4, -0.2) is 201 Å². The van der Waals surface area contributed by atoms with Gasteiger partial charge < -0.3 is 78.1 Å². The van der Waals surface area contributed by atoms with E-state index in [2.05, 4.69) is 22.0 Å². The number of methoxy groups -OCH3 is 2. The number of hydrogen-bond acceptors (Lipinski definition) is 21. The number of halogens is 1. The van der Waals surface area contributed by atoms with E-state index in [4.69, 9.17) is 54.3 Å². The first-order chi connectivity index (χ1) is 43.6. The van der Waals surface area contributed by atoms with E-state index in [0.717, 1.165) is 41.7 Å². The number of likely N-dealkylation sites (N-methyl/N-ethyl adjacent to an activating group) is 3. The minimum absolute atomic E-state index is 0.0140. The molecule has 28 nitrogen and oxygen atoms in total. The Balaban J connectivity index is 0.924. The summed E-state index contributed by atoms with van der Waals surface area (Å²) in [6.45, 7) is 5.40. The molecule has 29 heteroatoms. The van der Waals surface area contributed by atoms with Crippen LogP contribution in [-0.2, 0) is 75.1 Å². The van der Waals surface area contributed by atoms with Gasteiger partial charge in [0.15, 0.2) is 11.5 Å². The molecule has 3 saturated heterocycles. The molecule has 0 aromatic heterocycles. The lowest BCUT2D eigenvalue weighted by Crippen LogP contribution is -2.63. The fraction of sp³-hybridized carbons (Fsp3) is 0.556. The van der Waals surface area contributed by atoms with Gasteiger partial charge >= 0.3 is 36.3 Å². The lowest BCUT2D eigenvalue weighted by Gasteiger charge is -2.42. The summed E-state index contributed by atoms with van der Waals surface area (Å²) in [5, 5.41) is 20.6. The molecule has 4 N–H and O–H groups in total. The van der Waals surface area contributed by atoms with Crippen molar-refractivity contribution in [2.24, 2.45) is 5.92 Å². The van der Waals surface area contributed by atoms with E-state index in [1.807, 2.05) is 19.1 Å². The molecule has 502 valence electrons. The minimum atomic E-state index is -1.92. The van der Waals surface area contributed by atoms with Crippen LogP contribution in [0.15, 0.2) is 66.3 Å². The molecule has 0 saturated carbocycles. The summed E-state index contributed by atoms with van der Waals surface area (Å²) in [5.41, 5.74) is -0.830. The Hall–Kier alpha value is -8.47. The zero-order valence-corrected chi connectivity index (χ0v) is 54.2. The molecule has 4 aliphatic heterocycles. The number of esters is 1. The third-order valence-corrected chi connectivity index (χ3v) is 17.2. The number of anilines is 2. The van der Waals surface area contributed by atoms with Crippen molar-refractivity contribution in [3.8, 4) is 11.5 Å². The normalized spacial score (nSPS) is 25.7. The first-order valence-electron chi connectivity index (χ1n) is 30.3. The van der Waals surface area contributed by atoms with E-state index < -0.39 is 127 Å². The van der Waals surface area contributed by atoms with Crippen molar-refractivity contribution >= 4 is 82.9 Å². The standard InChI is InChI=1S/C63H83ClN8O20/c1-37-17-16-20-48(85-10)63(83)34-47(89-59(80)67-63)38(2)56-62(4,91-56)49(33-53(76)71(8)44-31-41(29-37)32-46(84-9)55(44)64)90-57(78)39(3)70(7)50(73)25-28-86-60(81)68(5)26-27-69(6)61(82)87-36-40-21-22-45(88-58(79)66-42-18-14-12-11-13-15-19-42)43(30-40)65-35-54(77)92-72-51(74)23-24-52(72)75/h12,14,16-17,20-22,30-32,38-39,42,47-49,56,65,83H,11,13,15,18-19,23-29,33-36H2,1-10H3,(H,66,79)(H,67,80)/b14-12+,20-16+,37-17+/t38-,39+,42?,47+,48-,49+,56+,62+,63+/m1/s1. The molecule has 1 unspecified atom stereocenters. The van der Waals surface area contributed by atoms with E-state index in [1.54, 1.807) is 38.1 Å². The van der Waals surface area contributed by atoms with Gasteiger partial charge in [-0.15, -0.1) is 5.06 Å². The van der Waals surface area contributed by atoms with Gasteiger partial charge in [0.05, 0.1) is 37.4 Å². The Bertz CT molecular complexity index is 3180. The van der Waals surface area contributed by atoms with Crippen LogP contribution < -0.4 is 30.3 Å². The second kappa shape index (κ2) is 31.7. The molecule has 0 radical (unpaired) electrons. The number of imide groups is 1. The predicted octanol–water partition coefficient (Wildman–Crippen LogP) is 6.24. The maximum atomic E-state index is 14.4. The van der Waals surface area contributed by atoms with Gasteiger partial charge in [-0.05, 0) is 88.3 Å². The molecule has 4 bridgehead atoms. The first-order valence-corrected chi connectivity index (χ1v) is 30.7. The van der Waals surface area contributed by atoms with Gasteiger partial charge in [0.25, 0.3) is 11.8 Å². The zero-order chi connectivity index (χ0) is 67.2. The summed E-state index contributed by atoms with van der Waals surface area (Å²) < 4.78 is 46.0. The Morgan fingerprint density at radius 2 is 1.64 bits per heavy atom. The number of carbonyl (C=O) groups excluding carboxylic acids is 10. The third-order valence-electron chi connectivity index (χ3n) is 16.8. The van der Waals surface area contributed by atoms with Crippen molar-refractivity contribution in [3.63, 3.8) is 0 Å². The number of carbonyl (C=O) groups is 10. The molecule has 7 rings (SSSR count). The highest BCUT2D eigenvalue weighted by Gasteiger charge is 2.64. The van der Waals surface area contributed by atoms with Crippen molar-refractivity contribution in [3.05, 3.63) is 82.4 Å². The quantitative estimate of drug-likeness (QED) is 0.0398. The topological polar surface area (TPSA) is 330 Å². The van der Waals surface area contributed by atoms with E-state index in [-0.39, 0.29) is 67.9 Å². The maximum absolute atomic E-state index is 14.4. The smallest absolute Gasteiger partial charge is 0.412 e. The fourth-order valence-electron chi connectivity index (χ4n) is 10.9. The van der Waals surface area contributed by atoms with Crippen molar-refractivity contribution in [1.29, 1.82) is 0 Å². The molecular weight excluding hydrogens is 1220 g/mol. The van der Waals surface area contributed by atoms with Crippen LogP contribution >= 0.6 is 11.6 Å². The maximum Gasteiger partial charge on any atom is 0.412 e. The SMILES string of the molecule is COc1cc2cc(c1Cl)N(C)C(=O)C[C@H](OC(=O)[C@H](C)N(C)C(=O)CCOC(=O)N(C)CCN(C)C(=O)OCc1ccc(OC(=O)NC3C/C=C/CCCC3)c(NCC(=O)ON3C(=O)CCC3=O)c1)[C@]1(C)O[C@H]1[C@H](C)[C@@H]1C[C@@](O)(NC(=O)O1)[C@H](OC)/C=C/C=C(\C)C2. The van der Waals surface area contributed by atoms with Crippen LogP contribution in [0.5, 0.6) is 11.5 Å². The number of rotatable bonds is 19. The van der Waals surface area contributed by atoms with Crippen LogP contribution in [0.3, 0.4) is 0 Å². The monoisotopic (exact) mass is 1310 g/mol. The molecule has 5 aliphatic rings. The van der Waals surface area contributed by atoms with E-state index >= 15 is 0 Å². The van der Waals surface area contributed by atoms with Gasteiger partial charge in [0.2, 0.25) is 11.8 Å². The fourth-order valence-corrected chi connectivity index (χ4v) is 11.2. The number of hydrogen-bond donors (Lipinski definition) is 4. The summed E-state index contributed by atoms with van der Waals surface area (Å²) in [6, 6.07) is 6.53. The van der Waals surface area contributed by atoms with E-state index in [9.17, 15) is 53.1 Å². The summed E-state index contributed by atoms with van der Waals surface area (Å²) in [5.74, 6) is -4.66. The number of epoxide rings is 1. The van der Waals surface area contributed by atoms with Crippen molar-refractivity contribution in [1.82, 2.24) is 30.4 Å². The Kier molecular flexibility index (Phi) is 24.5. The molecule has 9 atom stereocenters. The molecule has 2 aromatic rings. The summed E-state index contributed by atoms with van der Waals surface area (Å²) >= 11 is 6.83. The van der Waals surface area contributed by atoms with E-state index in [0.29, 0.717) is 34.9 Å². The van der Waals surface area contributed by atoms with Gasteiger partial charge in [0.1, 0.15) is 60.5 Å². The molecule has 1 aliphatic carbocycles. The van der Waals surface area contributed by atoms with Gasteiger partial charge in [-0.3, -0.25) is 24.5 Å². The largest absolute Gasteiger partial charge is 0.495 e. The highest BCUT2D eigenvalue weighted by atomic mass is 35.5. The number of ether oxygens (including phenoxy) is 8. The average Bonchev–Trinajstić information content (AvgIpc) is 1.57. The van der Waals surface area contributed by atoms with Crippen molar-refractivity contribution in [2.75, 3.05) is 78.9 Å². The molecule has 8 amide bonds. The van der Waals surface area contributed by atoms with E-state index in [1.165, 1.54) is 82.2 Å². The lowest BCUT2D eigenvalue weighted by atomic mass is 9.83. The number of allylic oxidation sites excluding steroid dienone is 4. The van der Waals surface area contributed by atoms with Crippen LogP contribution in [0.25, 0.3) is 0 Å². The number of alkyl carbamates (subject to hydrolysis) is 1. The second-order valence-electron chi connectivity index (χ2n) is 23.6. The summed E-state index contributed by atoms with van der Waals surface area (Å²) in [6.07, 6.45) is 5.43. The Morgan fingerprint density at radius 3 is 2.34 bits per heavy atom. The van der Waals surface area contributed by atoms with Gasteiger partial charge in [-0.25, -0.2) is 28.8 Å². The number of amides is 8. The molecule has 92 heavy (non-hydrogen) atoms. The van der Waals surface area contributed by atoms with Crippen LogP contribution in [0.4, 0.5) is 30.6 Å². The number of nitrogens with one attached hydrogen (secondary N) is 3. The third kappa shape index (κ3) is 18.4. The minimum Gasteiger partial charge on any atom is -0.495 e. The van der Waals surface area contributed by atoms with Crippen LogP contribution in [0.1, 0.15) is 103 Å². The molecule has 3 fully saturated rings. The van der Waals surface area contributed by atoms with Gasteiger partial charge in [-0.1, -0.05) is 67.0 Å². The highest BCUT2D eigenvalue weighted by molar-refractivity contribution is 6.35. The zero-order valence-electron chi connectivity index (χ0n) is 53.4. The first kappa shape index (κ1) is 71.0. The summed E-state index contributed by atoms with van der Waals surface area (Å²) in [4.78, 5) is 141. The van der Waals surface area contributed by atoms with Crippen molar-refractivity contribution < 1.29 is 95.8 Å². The molecule has 2 aromatic carbocycles. The van der Waals surface area contributed by atoms with Crippen LogP contribution in [0, 0.1) is 5.92 Å². The second-order valence-corrected chi connectivity index (χ2v) is 24.0. The lowest BCUT2D eigenvalue weighted by molar-refractivity contribution is -0.196. The average molecular weight is 1310 g/mol. The summed E-state index contributed by atoms with van der Waals surface area (Å²) in [7, 11) is 8.58. The predicted molar refractivity (Wildman–Crippen MR) is 330 cm³/mol. The number of nitrogens with zero attached hydrogens (tertiary/aromatic N) is 5. The number of aliphatic hydroxyl groups is 1. The van der Waals surface area contributed by atoms with Crippen LogP contribution in [0.2, 0.25) is 5.02 Å². The Labute approximate surface area is 538 Å². The van der Waals surface area contributed by atoms with Gasteiger partial charge in [-0.2, -0.15) is 0 Å². The number of hydroxylamine groups is 2. The van der Waals surface area contributed by atoms with Crippen molar-refractivity contribution in [2.45, 2.75) is 153 Å². The number of fused-ring (bicyclic) bond motifs is 5. The van der Waals surface area contributed by atoms with Gasteiger partial charge in [0, 0.05) is 79.6 Å².